The molecular weight excluding hydrogens is 176 g/mol. The maximum Gasteiger partial charge on any atom is 0.196 e. The number of allylic oxidation sites excluding steroid dienone is 2. The SMILES string of the molecule is CC1C=C/C(=C2\NC(C)(C)CO2)C=N1. The van der Waals surface area contributed by atoms with Gasteiger partial charge in [-0.3, -0.25) is 4.99 Å². The molecule has 0 aliphatic carbocycles. The topological polar surface area (TPSA) is 33.6 Å². The standard InChI is InChI=1S/C11H16N2O/c1-8-4-5-9(6-12-8)10-13-11(2,3)7-14-10/h4-6,8,13H,7H2,1-3H3/b10-9-. The predicted molar refractivity (Wildman–Crippen MR) is 57.3 cm³/mol. The minimum Gasteiger partial charge on any atom is -0.476 e. The monoisotopic (exact) mass is 192 g/mol. The highest BCUT2D eigenvalue weighted by Crippen LogP contribution is 2.20. The number of nitrogens with one attached hydrogen (secondary N) is 1. The molecule has 3 nitrogen and oxygen atoms in total. The van der Waals surface area contributed by atoms with Gasteiger partial charge in [-0.2, -0.15) is 0 Å². The zero-order valence-electron chi connectivity index (χ0n) is 8.87. The van der Waals surface area contributed by atoms with Crippen LogP contribution in [0.2, 0.25) is 0 Å². The fourth-order valence-corrected chi connectivity index (χ4v) is 1.46. The summed E-state index contributed by atoms with van der Waals surface area (Å²) < 4.78 is 5.57. The van der Waals surface area contributed by atoms with E-state index in [1.165, 1.54) is 0 Å². The average molecular weight is 192 g/mol. The molecule has 2 rings (SSSR count). The number of ether oxygens (including phenoxy) is 1. The Morgan fingerprint density at radius 2 is 2.36 bits per heavy atom. The fraction of sp³-hybridized carbons (Fsp3) is 0.545. The smallest absolute Gasteiger partial charge is 0.196 e. The Labute approximate surface area is 84.6 Å². The molecule has 0 aromatic carbocycles. The van der Waals surface area contributed by atoms with Crippen molar-refractivity contribution >= 4 is 6.21 Å². The van der Waals surface area contributed by atoms with Crippen molar-refractivity contribution in [3.63, 3.8) is 0 Å². The molecule has 2 aliphatic heterocycles. The van der Waals surface area contributed by atoms with Crippen molar-refractivity contribution in [1.82, 2.24) is 5.32 Å². The van der Waals surface area contributed by atoms with Gasteiger partial charge < -0.3 is 10.1 Å². The van der Waals surface area contributed by atoms with Crippen molar-refractivity contribution < 1.29 is 4.74 Å². The Balaban J connectivity index is 2.19. The van der Waals surface area contributed by atoms with Crippen molar-refractivity contribution in [2.75, 3.05) is 6.61 Å². The third-order valence-electron chi connectivity index (χ3n) is 2.29. The quantitative estimate of drug-likeness (QED) is 0.633. The summed E-state index contributed by atoms with van der Waals surface area (Å²) in [6.45, 7) is 7.00. The predicted octanol–water partition coefficient (Wildman–Crippen LogP) is 1.63. The first-order valence-corrected chi connectivity index (χ1v) is 4.93. The van der Waals surface area contributed by atoms with E-state index in [0.29, 0.717) is 6.61 Å². The minimum atomic E-state index is 0.0348. The molecule has 0 spiro atoms. The maximum atomic E-state index is 5.57. The molecule has 2 aliphatic rings. The number of hydrogen-bond donors (Lipinski definition) is 1. The molecule has 14 heavy (non-hydrogen) atoms. The molecule has 0 radical (unpaired) electrons. The van der Waals surface area contributed by atoms with Gasteiger partial charge in [-0.25, -0.2) is 0 Å². The highest BCUT2D eigenvalue weighted by Gasteiger charge is 2.28. The number of dihydropyridines is 1. The van der Waals surface area contributed by atoms with Gasteiger partial charge in [0.25, 0.3) is 0 Å². The van der Waals surface area contributed by atoms with E-state index in [2.05, 4.69) is 43.2 Å². The molecule has 1 atom stereocenters. The third-order valence-corrected chi connectivity index (χ3v) is 2.29. The van der Waals surface area contributed by atoms with Crippen LogP contribution in [0, 0.1) is 0 Å². The number of hydrogen-bond acceptors (Lipinski definition) is 3. The van der Waals surface area contributed by atoms with Crippen LogP contribution in [0.3, 0.4) is 0 Å². The van der Waals surface area contributed by atoms with Gasteiger partial charge >= 0.3 is 0 Å². The largest absolute Gasteiger partial charge is 0.476 e. The lowest BCUT2D eigenvalue weighted by Crippen LogP contribution is -2.34. The Morgan fingerprint density at radius 1 is 1.57 bits per heavy atom. The fourth-order valence-electron chi connectivity index (χ4n) is 1.46. The Hall–Kier alpha value is -1.25. The van der Waals surface area contributed by atoms with Gasteiger partial charge in [0.1, 0.15) is 6.61 Å². The number of rotatable bonds is 0. The van der Waals surface area contributed by atoms with Crippen molar-refractivity contribution in [1.29, 1.82) is 0 Å². The zero-order valence-corrected chi connectivity index (χ0v) is 8.87. The van der Waals surface area contributed by atoms with E-state index in [4.69, 9.17) is 4.74 Å². The van der Waals surface area contributed by atoms with Crippen molar-refractivity contribution in [2.24, 2.45) is 4.99 Å². The highest BCUT2D eigenvalue weighted by atomic mass is 16.5. The summed E-state index contributed by atoms with van der Waals surface area (Å²) in [4.78, 5) is 4.31. The molecule has 0 amide bonds. The van der Waals surface area contributed by atoms with E-state index >= 15 is 0 Å². The van der Waals surface area contributed by atoms with Gasteiger partial charge in [-0.05, 0) is 26.8 Å². The third kappa shape index (κ3) is 1.81. The second-order valence-corrected chi connectivity index (χ2v) is 4.46. The molecule has 76 valence electrons. The molecule has 0 aromatic rings. The molecule has 1 saturated heterocycles. The molecular formula is C11H16N2O. The summed E-state index contributed by atoms with van der Waals surface area (Å²) in [7, 11) is 0. The van der Waals surface area contributed by atoms with Gasteiger partial charge in [-0.15, -0.1) is 0 Å². The van der Waals surface area contributed by atoms with Crippen LogP contribution in [0.1, 0.15) is 20.8 Å². The lowest BCUT2D eigenvalue weighted by atomic mass is 10.1. The van der Waals surface area contributed by atoms with Gasteiger partial charge in [0, 0.05) is 6.21 Å². The van der Waals surface area contributed by atoms with Gasteiger partial charge in [0.05, 0.1) is 17.2 Å². The van der Waals surface area contributed by atoms with E-state index in [1.807, 2.05) is 6.21 Å². The van der Waals surface area contributed by atoms with Gasteiger partial charge in [-0.1, -0.05) is 6.08 Å². The second kappa shape index (κ2) is 3.15. The van der Waals surface area contributed by atoms with Gasteiger partial charge in [0.15, 0.2) is 5.88 Å². The molecule has 2 heterocycles. The Kier molecular flexibility index (Phi) is 2.10. The van der Waals surface area contributed by atoms with Crippen LogP contribution in [0.15, 0.2) is 28.6 Å². The molecule has 0 aromatic heterocycles. The van der Waals surface area contributed by atoms with Crippen LogP contribution in [0.5, 0.6) is 0 Å². The van der Waals surface area contributed by atoms with E-state index < -0.39 is 0 Å². The summed E-state index contributed by atoms with van der Waals surface area (Å²) in [6.07, 6.45) is 5.99. The number of aliphatic imine (C=N–C) groups is 1. The average Bonchev–Trinajstić information content (AvgIpc) is 2.47. The van der Waals surface area contributed by atoms with E-state index in [1.54, 1.807) is 0 Å². The van der Waals surface area contributed by atoms with E-state index in [0.717, 1.165) is 11.5 Å². The van der Waals surface area contributed by atoms with Crippen LogP contribution in [0.25, 0.3) is 0 Å². The molecule has 0 bridgehead atoms. The Bertz CT molecular complexity index is 310. The molecule has 1 unspecified atom stereocenters. The lowest BCUT2D eigenvalue weighted by molar-refractivity contribution is 0.236. The van der Waals surface area contributed by atoms with Crippen molar-refractivity contribution in [3.05, 3.63) is 23.6 Å². The van der Waals surface area contributed by atoms with E-state index in [-0.39, 0.29) is 11.6 Å². The van der Waals surface area contributed by atoms with Crippen molar-refractivity contribution in [2.45, 2.75) is 32.4 Å². The summed E-state index contributed by atoms with van der Waals surface area (Å²) >= 11 is 0. The first-order valence-electron chi connectivity index (χ1n) is 4.93. The molecule has 3 heteroatoms. The van der Waals surface area contributed by atoms with Crippen molar-refractivity contribution in [3.8, 4) is 0 Å². The van der Waals surface area contributed by atoms with Crippen LogP contribution in [-0.4, -0.2) is 24.4 Å². The minimum absolute atomic E-state index is 0.0348. The number of nitrogens with zero attached hydrogens (tertiary/aromatic N) is 1. The normalized spacial score (nSPS) is 34.1. The molecule has 1 N–H and O–H groups in total. The molecule has 1 fully saturated rings. The zero-order chi connectivity index (χ0) is 10.2. The Morgan fingerprint density at radius 3 is 2.86 bits per heavy atom. The van der Waals surface area contributed by atoms with Gasteiger partial charge in [0.2, 0.25) is 0 Å². The highest BCUT2D eigenvalue weighted by molar-refractivity contribution is 5.84. The lowest BCUT2D eigenvalue weighted by Gasteiger charge is -2.14. The van der Waals surface area contributed by atoms with Crippen LogP contribution in [0.4, 0.5) is 0 Å². The summed E-state index contributed by atoms with van der Waals surface area (Å²) in [5.74, 6) is 0.849. The molecule has 0 saturated carbocycles. The van der Waals surface area contributed by atoms with Crippen LogP contribution >= 0.6 is 0 Å². The maximum absolute atomic E-state index is 5.57. The van der Waals surface area contributed by atoms with Crippen LogP contribution < -0.4 is 5.32 Å². The second-order valence-electron chi connectivity index (χ2n) is 4.46. The van der Waals surface area contributed by atoms with Crippen LogP contribution in [-0.2, 0) is 4.74 Å². The first-order chi connectivity index (χ1) is 6.57. The van der Waals surface area contributed by atoms with E-state index in [9.17, 15) is 0 Å². The summed E-state index contributed by atoms with van der Waals surface area (Å²) in [5, 5.41) is 3.33. The first kappa shape index (κ1) is 9.31. The summed E-state index contributed by atoms with van der Waals surface area (Å²) in [6, 6.07) is 0.286. The summed E-state index contributed by atoms with van der Waals surface area (Å²) in [5.41, 5.74) is 1.07.